The van der Waals surface area contributed by atoms with Crippen LogP contribution in [0.25, 0.3) is 0 Å². The van der Waals surface area contributed by atoms with Gasteiger partial charge in [-0.2, -0.15) is 0 Å². The molecule has 1 aliphatic rings. The minimum absolute atomic E-state index is 0.0972. The molecule has 1 amide bonds. The Kier molecular flexibility index (Phi) is 3.71. The predicted molar refractivity (Wildman–Crippen MR) is 69.1 cm³/mol. The van der Waals surface area contributed by atoms with Crippen molar-refractivity contribution >= 4 is 20.1 Å². The number of ether oxygens (including phenoxy) is 1. The van der Waals surface area contributed by atoms with E-state index in [1.165, 1.54) is 0 Å². The molecular weight excluding hydrogens is 234 g/mol. The van der Waals surface area contributed by atoms with Crippen molar-refractivity contribution in [3.05, 3.63) is 0 Å². The normalized spacial score (nSPS) is 21.9. The van der Waals surface area contributed by atoms with E-state index in [0.717, 1.165) is 0 Å². The van der Waals surface area contributed by atoms with Crippen molar-refractivity contribution in [2.24, 2.45) is 0 Å². The second-order valence-corrected chi connectivity index (χ2v) is 11.3. The molecule has 0 spiro atoms. The van der Waals surface area contributed by atoms with Crippen LogP contribution in [0, 0.1) is 0 Å². The summed E-state index contributed by atoms with van der Waals surface area (Å²) in [6.45, 7) is 11.8. The molecule has 0 aromatic carbocycles. The predicted octanol–water partition coefficient (Wildman–Crippen LogP) is 2.15. The Morgan fingerprint density at radius 3 is 2.29 bits per heavy atom. The van der Waals surface area contributed by atoms with Gasteiger partial charge in [0.25, 0.3) is 0 Å². The summed E-state index contributed by atoms with van der Waals surface area (Å²) in [4.78, 5) is 23.9. The van der Waals surface area contributed by atoms with Crippen LogP contribution in [0.5, 0.6) is 0 Å². The Morgan fingerprint density at radius 2 is 1.88 bits per heavy atom. The number of hydrogen-bond donors (Lipinski definition) is 0. The van der Waals surface area contributed by atoms with Gasteiger partial charge in [0, 0.05) is 6.42 Å². The molecule has 0 aliphatic carbocycles. The van der Waals surface area contributed by atoms with Crippen LogP contribution in [0.2, 0.25) is 19.6 Å². The lowest BCUT2D eigenvalue weighted by molar-refractivity contribution is -0.160. The van der Waals surface area contributed by atoms with Crippen LogP contribution < -0.4 is 0 Å². The molecule has 1 aliphatic heterocycles. The van der Waals surface area contributed by atoms with E-state index in [2.05, 4.69) is 19.6 Å². The molecule has 98 valence electrons. The van der Waals surface area contributed by atoms with E-state index in [4.69, 9.17) is 4.74 Å². The van der Waals surface area contributed by atoms with Gasteiger partial charge in [0.05, 0.1) is 0 Å². The highest BCUT2D eigenvalue weighted by Gasteiger charge is 2.44. The Labute approximate surface area is 104 Å². The summed E-state index contributed by atoms with van der Waals surface area (Å²) in [6.07, 6.45) is 1.06. The van der Waals surface area contributed by atoms with Crippen molar-refractivity contribution in [1.29, 1.82) is 0 Å². The van der Waals surface area contributed by atoms with E-state index in [9.17, 15) is 9.59 Å². The average Bonchev–Trinajstić information content (AvgIpc) is 2.42. The highest BCUT2D eigenvalue weighted by Crippen LogP contribution is 2.27. The first-order chi connectivity index (χ1) is 7.52. The number of amides is 1. The zero-order chi connectivity index (χ0) is 13.4. The highest BCUT2D eigenvalue weighted by molar-refractivity contribution is 6.75. The molecule has 1 atom stereocenters. The Bertz CT molecular complexity index is 328. The van der Waals surface area contributed by atoms with Gasteiger partial charge in [0.15, 0.2) is 8.24 Å². The van der Waals surface area contributed by atoms with Gasteiger partial charge in [-0.05, 0) is 27.2 Å². The first-order valence-corrected chi connectivity index (χ1v) is 9.52. The van der Waals surface area contributed by atoms with Crippen LogP contribution in [0.1, 0.15) is 33.6 Å². The van der Waals surface area contributed by atoms with Crippen molar-refractivity contribution in [3.8, 4) is 0 Å². The van der Waals surface area contributed by atoms with Crippen LogP contribution in [0.15, 0.2) is 0 Å². The Morgan fingerprint density at radius 1 is 1.35 bits per heavy atom. The number of carbonyl (C=O) groups is 2. The molecule has 1 unspecified atom stereocenters. The van der Waals surface area contributed by atoms with Gasteiger partial charge in [0.1, 0.15) is 11.6 Å². The number of carbonyl (C=O) groups excluding carboxylic acids is 2. The molecule has 0 saturated carbocycles. The van der Waals surface area contributed by atoms with Crippen LogP contribution in [-0.2, 0) is 14.3 Å². The molecule has 0 aromatic heterocycles. The Balaban J connectivity index is 2.84. The molecule has 1 heterocycles. The van der Waals surface area contributed by atoms with E-state index < -0.39 is 13.8 Å². The lowest BCUT2D eigenvalue weighted by Gasteiger charge is -2.35. The fraction of sp³-hybridized carbons (Fsp3) is 0.833. The fourth-order valence-electron chi connectivity index (χ4n) is 2.12. The van der Waals surface area contributed by atoms with Gasteiger partial charge in [-0.3, -0.25) is 4.79 Å². The van der Waals surface area contributed by atoms with E-state index >= 15 is 0 Å². The zero-order valence-electron chi connectivity index (χ0n) is 11.7. The van der Waals surface area contributed by atoms with E-state index in [0.29, 0.717) is 12.8 Å². The third-order valence-electron chi connectivity index (χ3n) is 2.61. The summed E-state index contributed by atoms with van der Waals surface area (Å²) in [5.41, 5.74) is -0.492. The molecule has 0 N–H and O–H groups in total. The number of nitrogens with zero attached hydrogens (tertiary/aromatic N) is 1. The van der Waals surface area contributed by atoms with Crippen LogP contribution in [0.3, 0.4) is 0 Å². The van der Waals surface area contributed by atoms with E-state index in [-0.39, 0.29) is 17.9 Å². The lowest BCUT2D eigenvalue weighted by atomic mass is 10.2. The second kappa shape index (κ2) is 4.44. The zero-order valence-corrected chi connectivity index (χ0v) is 12.7. The summed E-state index contributed by atoms with van der Waals surface area (Å²) in [6, 6.07) is -0.367. The van der Waals surface area contributed by atoms with Crippen molar-refractivity contribution in [1.82, 2.24) is 4.57 Å². The summed E-state index contributed by atoms with van der Waals surface area (Å²) in [7, 11) is -1.81. The minimum Gasteiger partial charge on any atom is -0.458 e. The molecule has 1 saturated heterocycles. The lowest BCUT2D eigenvalue weighted by Crippen LogP contribution is -2.54. The molecule has 5 heteroatoms. The van der Waals surface area contributed by atoms with Gasteiger partial charge >= 0.3 is 5.97 Å². The molecule has 1 fully saturated rings. The Hall–Kier alpha value is -0.843. The number of hydrogen-bond acceptors (Lipinski definition) is 3. The number of rotatable bonds is 2. The standard InChI is InChI=1S/C12H23NO3Si/c1-12(2,3)16-11(15)9-7-8-10(14)13(9)17(4,5)6/h9H,7-8H2,1-6H3. The molecule has 0 radical (unpaired) electrons. The maximum absolute atomic E-state index is 12.1. The second-order valence-electron chi connectivity index (χ2n) is 6.52. The van der Waals surface area contributed by atoms with Gasteiger partial charge in [-0.25, -0.2) is 4.79 Å². The van der Waals surface area contributed by atoms with E-state index in [1.54, 1.807) is 4.57 Å². The molecule has 17 heavy (non-hydrogen) atoms. The third-order valence-corrected chi connectivity index (χ3v) is 4.62. The SMILES string of the molecule is CC(C)(C)OC(=O)C1CCC(=O)N1[Si](C)(C)C. The molecule has 1 rings (SSSR count). The van der Waals surface area contributed by atoms with Crippen molar-refractivity contribution < 1.29 is 14.3 Å². The monoisotopic (exact) mass is 257 g/mol. The van der Waals surface area contributed by atoms with E-state index in [1.807, 2.05) is 20.8 Å². The largest absolute Gasteiger partial charge is 0.458 e. The first kappa shape index (κ1) is 14.2. The smallest absolute Gasteiger partial charge is 0.328 e. The van der Waals surface area contributed by atoms with Gasteiger partial charge < -0.3 is 9.30 Å². The van der Waals surface area contributed by atoms with Crippen molar-refractivity contribution in [3.63, 3.8) is 0 Å². The topological polar surface area (TPSA) is 46.6 Å². The van der Waals surface area contributed by atoms with Crippen molar-refractivity contribution in [2.75, 3.05) is 0 Å². The summed E-state index contributed by atoms with van der Waals surface area (Å²) in [5.74, 6) is -0.161. The van der Waals surface area contributed by atoms with Gasteiger partial charge in [-0.15, -0.1) is 0 Å². The molecule has 4 nitrogen and oxygen atoms in total. The maximum atomic E-state index is 12.1. The van der Waals surface area contributed by atoms with Crippen LogP contribution in [0.4, 0.5) is 0 Å². The van der Waals surface area contributed by atoms with Gasteiger partial charge in [-0.1, -0.05) is 19.6 Å². The molecular formula is C12H23NO3Si. The average molecular weight is 257 g/mol. The maximum Gasteiger partial charge on any atom is 0.328 e. The van der Waals surface area contributed by atoms with Crippen LogP contribution >= 0.6 is 0 Å². The fourth-order valence-corrected chi connectivity index (χ4v) is 4.15. The highest BCUT2D eigenvalue weighted by atomic mass is 28.3. The summed E-state index contributed by atoms with van der Waals surface area (Å²) < 4.78 is 7.18. The van der Waals surface area contributed by atoms with Gasteiger partial charge in [0.2, 0.25) is 5.91 Å². The molecule has 0 bridgehead atoms. The summed E-state index contributed by atoms with van der Waals surface area (Å²) >= 11 is 0. The van der Waals surface area contributed by atoms with Crippen LogP contribution in [-0.4, -0.2) is 36.3 Å². The van der Waals surface area contributed by atoms with Crippen molar-refractivity contribution in [2.45, 2.75) is 64.9 Å². The molecule has 0 aromatic rings. The minimum atomic E-state index is -1.81. The summed E-state index contributed by atoms with van der Waals surface area (Å²) in [5, 5.41) is 0. The quantitative estimate of drug-likeness (QED) is 0.562. The first-order valence-electron chi connectivity index (χ1n) is 6.07. The third kappa shape index (κ3) is 3.56. The number of esters is 1.